The second-order valence-electron chi connectivity index (χ2n) is 6.69. The fourth-order valence-corrected chi connectivity index (χ4v) is 5.99. The highest BCUT2D eigenvalue weighted by atomic mass is 35.5. The molecule has 2 aromatic carbocycles. The third-order valence-electron chi connectivity index (χ3n) is 5.15. The van der Waals surface area contributed by atoms with Crippen molar-refractivity contribution in [1.82, 2.24) is 0 Å². The lowest BCUT2D eigenvalue weighted by molar-refractivity contribution is -0.147. The number of carbonyl (C=O) groups is 1. The minimum Gasteiger partial charge on any atom is -0.465 e. The van der Waals surface area contributed by atoms with Gasteiger partial charge in [0.1, 0.15) is 5.25 Å². The van der Waals surface area contributed by atoms with E-state index in [1.54, 1.807) is 19.1 Å². The highest BCUT2D eigenvalue weighted by Gasteiger charge is 2.77. The van der Waals surface area contributed by atoms with Crippen LogP contribution in [0.4, 0.5) is 0 Å². The first kappa shape index (κ1) is 20.4. The Labute approximate surface area is 169 Å². The van der Waals surface area contributed by atoms with Gasteiger partial charge in [0.2, 0.25) is 0 Å². The molecule has 146 valence electrons. The molecule has 0 unspecified atom stereocenters. The number of esters is 1. The Morgan fingerprint density at radius 3 is 2.25 bits per heavy atom. The summed E-state index contributed by atoms with van der Waals surface area (Å²) >= 11 is 5.86. The molecule has 0 spiro atoms. The maximum absolute atomic E-state index is 13.3. The van der Waals surface area contributed by atoms with E-state index in [0.29, 0.717) is 10.6 Å². The standard InChI is InChI=1S/C21H20ClNO4S/c1-3-14-5-7-15(8-6-14)18-19(21(18,13-23)20(24)27-4-2)28(25,26)17-11-9-16(22)10-12-17/h5-12,18-19H,3-4H2,1-2H3/t18-,19-,21-/m1/s1. The SMILES string of the molecule is CCOC(=O)[C@]1(C#N)[C@H](c2ccc(CC)cc2)[C@H]1S(=O)(=O)c1ccc(Cl)cc1. The molecule has 1 aliphatic rings. The lowest BCUT2D eigenvalue weighted by Gasteiger charge is -2.09. The normalized spacial score (nSPS) is 23.6. The molecule has 3 atom stereocenters. The van der Waals surface area contributed by atoms with Gasteiger partial charge in [-0.3, -0.25) is 4.79 Å². The molecular formula is C21H20ClNO4S. The fourth-order valence-electron chi connectivity index (χ4n) is 3.62. The van der Waals surface area contributed by atoms with E-state index in [9.17, 15) is 18.5 Å². The summed E-state index contributed by atoms with van der Waals surface area (Å²) in [6, 6.07) is 15.0. The van der Waals surface area contributed by atoms with Crippen LogP contribution in [-0.2, 0) is 25.8 Å². The molecule has 1 aliphatic carbocycles. The van der Waals surface area contributed by atoms with Crippen LogP contribution >= 0.6 is 11.6 Å². The van der Waals surface area contributed by atoms with Gasteiger partial charge in [-0.2, -0.15) is 5.26 Å². The highest BCUT2D eigenvalue weighted by Crippen LogP contribution is 2.64. The summed E-state index contributed by atoms with van der Waals surface area (Å²) in [7, 11) is -3.96. The van der Waals surface area contributed by atoms with Crippen molar-refractivity contribution in [2.45, 2.75) is 36.3 Å². The van der Waals surface area contributed by atoms with Crippen molar-refractivity contribution in [3.8, 4) is 6.07 Å². The van der Waals surface area contributed by atoms with Crippen LogP contribution in [0.1, 0.15) is 30.9 Å². The second-order valence-corrected chi connectivity index (χ2v) is 9.20. The smallest absolute Gasteiger partial charge is 0.328 e. The number of hydrogen-bond donors (Lipinski definition) is 0. The highest BCUT2D eigenvalue weighted by molar-refractivity contribution is 7.92. The molecule has 5 nitrogen and oxygen atoms in total. The Hall–Kier alpha value is -2.36. The average molecular weight is 418 g/mol. The molecule has 28 heavy (non-hydrogen) atoms. The fraction of sp³-hybridized carbons (Fsp3) is 0.333. The molecule has 0 bridgehead atoms. The topological polar surface area (TPSA) is 84.2 Å². The van der Waals surface area contributed by atoms with Crippen LogP contribution in [0.2, 0.25) is 5.02 Å². The van der Waals surface area contributed by atoms with Crippen molar-refractivity contribution in [2.75, 3.05) is 6.61 Å². The second kappa shape index (κ2) is 7.57. The van der Waals surface area contributed by atoms with Gasteiger partial charge in [-0.1, -0.05) is 42.8 Å². The molecular weight excluding hydrogens is 398 g/mol. The van der Waals surface area contributed by atoms with E-state index in [1.165, 1.54) is 24.3 Å². The van der Waals surface area contributed by atoms with Gasteiger partial charge in [0, 0.05) is 10.9 Å². The Balaban J connectivity index is 2.11. The molecule has 1 fully saturated rings. The molecule has 0 radical (unpaired) electrons. The molecule has 0 amide bonds. The van der Waals surface area contributed by atoms with Crippen LogP contribution in [0.3, 0.4) is 0 Å². The monoisotopic (exact) mass is 417 g/mol. The van der Waals surface area contributed by atoms with Gasteiger partial charge in [-0.05, 0) is 48.7 Å². The van der Waals surface area contributed by atoms with Crippen LogP contribution < -0.4 is 0 Å². The number of nitriles is 1. The number of hydrogen-bond acceptors (Lipinski definition) is 5. The van der Waals surface area contributed by atoms with Crippen molar-refractivity contribution >= 4 is 27.4 Å². The Morgan fingerprint density at radius 1 is 1.14 bits per heavy atom. The van der Waals surface area contributed by atoms with E-state index in [0.717, 1.165) is 12.0 Å². The summed E-state index contributed by atoms with van der Waals surface area (Å²) in [5.74, 6) is -1.59. The van der Waals surface area contributed by atoms with Crippen LogP contribution in [0, 0.1) is 16.7 Å². The van der Waals surface area contributed by atoms with Crippen molar-refractivity contribution in [3.63, 3.8) is 0 Å². The van der Waals surface area contributed by atoms with Gasteiger partial charge < -0.3 is 4.74 Å². The van der Waals surface area contributed by atoms with Gasteiger partial charge in [-0.25, -0.2) is 8.42 Å². The van der Waals surface area contributed by atoms with Crippen molar-refractivity contribution < 1.29 is 17.9 Å². The first-order valence-electron chi connectivity index (χ1n) is 8.99. The summed E-state index contributed by atoms with van der Waals surface area (Å²) in [6.45, 7) is 3.70. The predicted molar refractivity (Wildman–Crippen MR) is 106 cm³/mol. The molecule has 7 heteroatoms. The van der Waals surface area contributed by atoms with E-state index in [1.807, 2.05) is 25.1 Å². The molecule has 3 rings (SSSR count). The Morgan fingerprint density at radius 2 is 1.75 bits per heavy atom. The molecule has 0 heterocycles. The van der Waals surface area contributed by atoms with Gasteiger partial charge in [0.25, 0.3) is 0 Å². The van der Waals surface area contributed by atoms with Gasteiger partial charge in [0.15, 0.2) is 15.3 Å². The predicted octanol–water partition coefficient (Wildman–Crippen LogP) is 3.92. The van der Waals surface area contributed by atoms with E-state index >= 15 is 0 Å². The Kier molecular flexibility index (Phi) is 5.51. The minimum absolute atomic E-state index is 0.0264. The number of aryl methyl sites for hydroxylation is 1. The molecule has 2 aromatic rings. The number of rotatable bonds is 6. The third-order valence-corrected chi connectivity index (χ3v) is 7.65. The van der Waals surface area contributed by atoms with Gasteiger partial charge in [-0.15, -0.1) is 0 Å². The van der Waals surface area contributed by atoms with Crippen molar-refractivity contribution in [3.05, 3.63) is 64.7 Å². The number of sulfone groups is 1. The quantitative estimate of drug-likeness (QED) is 0.665. The summed E-state index contributed by atoms with van der Waals surface area (Å²) in [5, 5.41) is 9.07. The van der Waals surface area contributed by atoms with Gasteiger partial charge >= 0.3 is 5.97 Å². The summed E-state index contributed by atoms with van der Waals surface area (Å²) in [6.07, 6.45) is 0.832. The summed E-state index contributed by atoms with van der Waals surface area (Å²) in [4.78, 5) is 12.7. The van der Waals surface area contributed by atoms with E-state index in [2.05, 4.69) is 0 Å². The number of benzene rings is 2. The maximum Gasteiger partial charge on any atom is 0.328 e. The van der Waals surface area contributed by atoms with E-state index in [4.69, 9.17) is 16.3 Å². The Bertz CT molecular complexity index is 1030. The van der Waals surface area contributed by atoms with Crippen molar-refractivity contribution in [2.24, 2.45) is 5.41 Å². The molecule has 0 saturated heterocycles. The van der Waals surface area contributed by atoms with E-state index < -0.39 is 32.4 Å². The summed E-state index contributed by atoms with van der Waals surface area (Å²) in [5.41, 5.74) is -0.0445. The average Bonchev–Trinajstić information content (AvgIpc) is 3.40. The number of nitrogens with zero attached hydrogens (tertiary/aromatic N) is 1. The van der Waals surface area contributed by atoms with E-state index in [-0.39, 0.29) is 11.5 Å². The number of carbonyl (C=O) groups excluding carboxylic acids is 1. The molecule has 0 aliphatic heterocycles. The van der Waals surface area contributed by atoms with Crippen LogP contribution in [0.5, 0.6) is 0 Å². The zero-order valence-corrected chi connectivity index (χ0v) is 17.1. The summed E-state index contributed by atoms with van der Waals surface area (Å²) < 4.78 is 31.7. The minimum atomic E-state index is -3.96. The molecule has 1 saturated carbocycles. The largest absolute Gasteiger partial charge is 0.465 e. The third kappa shape index (κ3) is 3.19. The zero-order chi connectivity index (χ0) is 20.5. The van der Waals surface area contributed by atoms with Gasteiger partial charge in [0.05, 0.1) is 17.6 Å². The first-order chi connectivity index (χ1) is 13.3. The van der Waals surface area contributed by atoms with Crippen LogP contribution in [0.15, 0.2) is 53.4 Å². The maximum atomic E-state index is 13.3. The molecule has 0 N–H and O–H groups in total. The lowest BCUT2D eigenvalue weighted by Crippen LogP contribution is -2.25. The zero-order valence-electron chi connectivity index (χ0n) is 15.6. The van der Waals surface area contributed by atoms with Crippen molar-refractivity contribution in [1.29, 1.82) is 5.26 Å². The number of halogens is 1. The number of ether oxygens (including phenoxy) is 1. The molecule has 0 aromatic heterocycles. The van der Waals surface area contributed by atoms with Crippen LogP contribution in [-0.4, -0.2) is 26.2 Å². The lowest BCUT2D eigenvalue weighted by atomic mass is 9.99. The first-order valence-corrected chi connectivity index (χ1v) is 10.9. The van der Waals surface area contributed by atoms with Crippen LogP contribution in [0.25, 0.3) is 0 Å².